The van der Waals surface area contributed by atoms with Crippen molar-refractivity contribution in [1.29, 1.82) is 0 Å². The van der Waals surface area contributed by atoms with Crippen molar-refractivity contribution in [3.05, 3.63) is 24.2 Å². The SMILES string of the molecule is COC(=O)C(O)[C@H]1C(C)(C)C(=O)C2C[C@H]3[C@@H]4CC(=O)O[C@@H](c5ccoc5)[C@]4(C)CC[C@@H]3[C@@]1(C)C2=O. The van der Waals surface area contributed by atoms with Crippen LogP contribution in [-0.4, -0.2) is 41.8 Å². The summed E-state index contributed by atoms with van der Waals surface area (Å²) in [5, 5.41) is 11.1. The lowest BCUT2D eigenvalue weighted by atomic mass is 9.37. The Labute approximate surface area is 204 Å². The van der Waals surface area contributed by atoms with E-state index in [1.165, 1.54) is 7.11 Å². The molecular weight excluding hydrogens is 452 g/mol. The minimum atomic E-state index is -1.60. The van der Waals surface area contributed by atoms with Crippen LogP contribution < -0.4 is 0 Å². The molecule has 5 rings (SSSR count). The summed E-state index contributed by atoms with van der Waals surface area (Å²) in [5.74, 6) is -3.71. The van der Waals surface area contributed by atoms with Gasteiger partial charge >= 0.3 is 11.9 Å². The molecule has 9 atom stereocenters. The fraction of sp³-hybridized carbons (Fsp3) is 0.704. The van der Waals surface area contributed by atoms with E-state index in [-0.39, 0.29) is 47.1 Å². The van der Waals surface area contributed by atoms with Gasteiger partial charge in [0.25, 0.3) is 0 Å². The van der Waals surface area contributed by atoms with Gasteiger partial charge < -0.3 is 19.0 Å². The first-order valence-electron chi connectivity index (χ1n) is 12.4. The van der Waals surface area contributed by atoms with Crippen molar-refractivity contribution in [2.75, 3.05) is 7.11 Å². The number of carbonyl (C=O) groups is 4. The highest BCUT2D eigenvalue weighted by atomic mass is 16.5. The zero-order valence-corrected chi connectivity index (χ0v) is 20.9. The van der Waals surface area contributed by atoms with E-state index in [4.69, 9.17) is 13.9 Å². The minimum absolute atomic E-state index is 0.101. The van der Waals surface area contributed by atoms with E-state index in [0.717, 1.165) is 5.56 Å². The van der Waals surface area contributed by atoms with Crippen molar-refractivity contribution in [2.24, 2.45) is 45.8 Å². The third kappa shape index (κ3) is 3.07. The van der Waals surface area contributed by atoms with E-state index >= 15 is 0 Å². The summed E-state index contributed by atoms with van der Waals surface area (Å²) in [6.45, 7) is 7.40. The van der Waals surface area contributed by atoms with Crippen molar-refractivity contribution in [1.82, 2.24) is 0 Å². The molecule has 35 heavy (non-hydrogen) atoms. The van der Waals surface area contributed by atoms with Crippen LogP contribution in [0.15, 0.2) is 23.0 Å². The van der Waals surface area contributed by atoms with E-state index in [1.807, 2.05) is 13.0 Å². The molecule has 2 heterocycles. The molecule has 4 aliphatic rings. The molecule has 2 bridgehead atoms. The number of furan rings is 1. The Balaban J connectivity index is 1.61. The van der Waals surface area contributed by atoms with Gasteiger partial charge in [-0.25, -0.2) is 4.79 Å². The van der Waals surface area contributed by atoms with Crippen LogP contribution in [0.4, 0.5) is 0 Å². The first-order valence-corrected chi connectivity index (χ1v) is 12.4. The Kier molecular flexibility index (Phi) is 5.37. The van der Waals surface area contributed by atoms with Crippen LogP contribution in [0.3, 0.4) is 0 Å². The van der Waals surface area contributed by atoms with Crippen molar-refractivity contribution < 1.29 is 38.2 Å². The Morgan fingerprint density at radius 1 is 1.14 bits per heavy atom. The fourth-order valence-corrected chi connectivity index (χ4v) is 8.66. The number of methoxy groups -OCH3 is 1. The maximum Gasteiger partial charge on any atom is 0.335 e. The number of ether oxygens (including phenoxy) is 2. The molecule has 190 valence electrons. The van der Waals surface area contributed by atoms with Gasteiger partial charge in [-0.3, -0.25) is 14.4 Å². The second-order valence-corrected chi connectivity index (χ2v) is 12.0. The summed E-state index contributed by atoms with van der Waals surface area (Å²) in [6, 6.07) is 1.81. The number of esters is 2. The van der Waals surface area contributed by atoms with Crippen LogP contribution in [0.2, 0.25) is 0 Å². The van der Waals surface area contributed by atoms with Crippen LogP contribution in [0.1, 0.15) is 65.0 Å². The van der Waals surface area contributed by atoms with E-state index in [9.17, 15) is 24.3 Å². The highest BCUT2D eigenvalue weighted by Gasteiger charge is 2.72. The first kappa shape index (κ1) is 24.2. The molecule has 4 fully saturated rings. The van der Waals surface area contributed by atoms with Crippen LogP contribution in [0.25, 0.3) is 0 Å². The van der Waals surface area contributed by atoms with Gasteiger partial charge in [-0.05, 0) is 43.1 Å². The molecular formula is C27H34O8. The number of cyclic esters (lactones) is 1. The molecule has 0 spiro atoms. The number of fused-ring (bicyclic) bond motifs is 6. The summed E-state index contributed by atoms with van der Waals surface area (Å²) >= 11 is 0. The monoisotopic (exact) mass is 486 g/mol. The van der Waals surface area contributed by atoms with Gasteiger partial charge in [-0.2, -0.15) is 0 Å². The standard InChI is InChI=1S/C27H34O8/c1-25(2)20(19(29)24(32)33-5)27(4)16-6-8-26(3)17(14(16)10-15(21(25)30)22(27)31)11-18(28)35-23(26)13-7-9-34-12-13/h7,9,12,14-17,19-20,23,29H,6,8,10-11H2,1-5H3/t14-,15?,16+,17+,19?,20+,23+,26-,27-/m1/s1. The van der Waals surface area contributed by atoms with Crippen LogP contribution in [0, 0.1) is 45.8 Å². The molecule has 3 saturated carbocycles. The summed E-state index contributed by atoms with van der Waals surface area (Å²) in [7, 11) is 1.19. The summed E-state index contributed by atoms with van der Waals surface area (Å²) < 4.78 is 16.0. The Bertz CT molecular complexity index is 1070. The lowest BCUT2D eigenvalue weighted by Crippen LogP contribution is -2.70. The van der Waals surface area contributed by atoms with Crippen LogP contribution in [-0.2, 0) is 28.7 Å². The van der Waals surface area contributed by atoms with Crippen molar-refractivity contribution in [3.63, 3.8) is 0 Å². The molecule has 0 radical (unpaired) electrons. The van der Waals surface area contributed by atoms with Gasteiger partial charge in [-0.1, -0.05) is 27.7 Å². The largest absolute Gasteiger partial charge is 0.472 e. The average Bonchev–Trinajstić information content (AvgIpc) is 3.34. The zero-order chi connectivity index (χ0) is 25.5. The van der Waals surface area contributed by atoms with E-state index in [0.29, 0.717) is 19.3 Å². The number of ketones is 2. The van der Waals surface area contributed by atoms with E-state index in [1.54, 1.807) is 26.4 Å². The van der Waals surface area contributed by atoms with Gasteiger partial charge in [0.05, 0.1) is 25.6 Å². The third-order valence-electron chi connectivity index (χ3n) is 10.2. The predicted molar refractivity (Wildman–Crippen MR) is 121 cm³/mol. The van der Waals surface area contributed by atoms with E-state index in [2.05, 4.69) is 6.92 Å². The van der Waals surface area contributed by atoms with Gasteiger partial charge in [0, 0.05) is 34.1 Å². The molecule has 8 heteroatoms. The minimum Gasteiger partial charge on any atom is -0.472 e. The average molecular weight is 487 g/mol. The third-order valence-corrected chi connectivity index (χ3v) is 10.2. The molecule has 1 aliphatic heterocycles. The second-order valence-electron chi connectivity index (χ2n) is 12.0. The number of hydrogen-bond acceptors (Lipinski definition) is 8. The highest BCUT2D eigenvalue weighted by Crippen LogP contribution is 2.68. The maximum absolute atomic E-state index is 13.9. The van der Waals surface area contributed by atoms with Gasteiger partial charge in [0.1, 0.15) is 17.7 Å². The molecule has 2 unspecified atom stereocenters. The molecule has 1 N–H and O–H groups in total. The predicted octanol–water partition coefficient (Wildman–Crippen LogP) is 3.27. The molecule has 0 amide bonds. The quantitative estimate of drug-likeness (QED) is 0.511. The second kappa shape index (κ2) is 7.76. The summed E-state index contributed by atoms with van der Waals surface area (Å²) in [4.78, 5) is 52.9. The van der Waals surface area contributed by atoms with Gasteiger partial charge in [0.2, 0.25) is 0 Å². The number of aliphatic hydroxyl groups is 1. The number of rotatable bonds is 3. The molecule has 3 aliphatic carbocycles. The first-order chi connectivity index (χ1) is 16.4. The molecule has 1 aromatic heterocycles. The lowest BCUT2D eigenvalue weighted by molar-refractivity contribution is -0.218. The van der Waals surface area contributed by atoms with Gasteiger partial charge in [0.15, 0.2) is 6.10 Å². The van der Waals surface area contributed by atoms with Gasteiger partial charge in [-0.15, -0.1) is 0 Å². The number of hydrogen-bond donors (Lipinski definition) is 1. The Hall–Kier alpha value is -2.48. The highest BCUT2D eigenvalue weighted by molar-refractivity contribution is 6.11. The van der Waals surface area contributed by atoms with Crippen molar-refractivity contribution in [3.8, 4) is 0 Å². The number of carbonyl (C=O) groups excluding carboxylic acids is 4. The Morgan fingerprint density at radius 3 is 2.49 bits per heavy atom. The maximum atomic E-state index is 13.9. The lowest BCUT2D eigenvalue weighted by Gasteiger charge is -2.65. The summed E-state index contributed by atoms with van der Waals surface area (Å²) in [6.07, 6.45) is 3.05. The zero-order valence-electron chi connectivity index (χ0n) is 20.9. The van der Waals surface area contributed by atoms with E-state index < -0.39 is 40.8 Å². The van der Waals surface area contributed by atoms with Crippen molar-refractivity contribution in [2.45, 2.75) is 65.6 Å². The molecule has 1 aromatic rings. The number of Topliss-reactive ketones (excluding diaryl/α,β-unsaturated/α-hetero) is 2. The molecule has 1 saturated heterocycles. The normalized spacial score (nSPS) is 43.0. The van der Waals surface area contributed by atoms with Crippen LogP contribution in [0.5, 0.6) is 0 Å². The Morgan fingerprint density at radius 2 is 1.86 bits per heavy atom. The summed E-state index contributed by atoms with van der Waals surface area (Å²) in [5.41, 5.74) is -1.78. The fourth-order valence-electron chi connectivity index (χ4n) is 8.66. The molecule has 0 aromatic carbocycles. The smallest absolute Gasteiger partial charge is 0.335 e. The van der Waals surface area contributed by atoms with Crippen LogP contribution >= 0.6 is 0 Å². The van der Waals surface area contributed by atoms with Crippen molar-refractivity contribution >= 4 is 23.5 Å². The molecule has 8 nitrogen and oxygen atoms in total. The number of aliphatic hydroxyl groups excluding tert-OH is 1. The topological polar surface area (TPSA) is 120 Å².